The van der Waals surface area contributed by atoms with Crippen LogP contribution in [0.15, 0.2) is 89.8 Å². The highest BCUT2D eigenvalue weighted by Gasteiger charge is 2.46. The first-order chi connectivity index (χ1) is 13.6. The molecule has 3 nitrogen and oxygen atoms in total. The molecule has 4 heteroatoms. The molecule has 0 aromatic heterocycles. The van der Waals surface area contributed by atoms with E-state index < -0.39 is 4.87 Å². The van der Waals surface area contributed by atoms with Crippen LogP contribution in [-0.2, 0) is 9.67 Å². The molecule has 1 aliphatic heterocycles. The molecule has 0 radical (unpaired) electrons. The van der Waals surface area contributed by atoms with Gasteiger partial charge in [-0.3, -0.25) is 9.69 Å². The second-order valence-electron chi connectivity index (χ2n) is 6.59. The number of thioether (sulfide) groups is 1. The summed E-state index contributed by atoms with van der Waals surface area (Å²) in [6.45, 7) is 1.62. The molecule has 0 fully saturated rings. The average molecular weight is 388 g/mol. The van der Waals surface area contributed by atoms with Crippen LogP contribution in [0.25, 0.3) is 6.08 Å². The number of hydrogen-bond donors (Lipinski definition) is 0. The smallest absolute Gasteiger partial charge is 0.225 e. The van der Waals surface area contributed by atoms with Gasteiger partial charge in [-0.2, -0.15) is 0 Å². The number of rotatable bonds is 4. The van der Waals surface area contributed by atoms with E-state index in [-0.39, 0.29) is 5.91 Å². The molecule has 0 saturated carbocycles. The van der Waals surface area contributed by atoms with Crippen LogP contribution in [0, 0.1) is 0 Å². The van der Waals surface area contributed by atoms with Crippen molar-refractivity contribution in [1.82, 2.24) is 0 Å². The molecule has 3 aromatic rings. The normalized spacial score (nSPS) is 18.3. The van der Waals surface area contributed by atoms with E-state index in [1.54, 1.807) is 25.8 Å². The van der Waals surface area contributed by atoms with Gasteiger partial charge in [0.15, 0.2) is 0 Å². The van der Waals surface area contributed by atoms with Crippen LogP contribution in [-0.4, -0.2) is 13.0 Å². The maximum atomic E-state index is 12.8. The number of anilines is 1. The predicted molar refractivity (Wildman–Crippen MR) is 116 cm³/mol. The topological polar surface area (TPSA) is 29.5 Å². The summed E-state index contributed by atoms with van der Waals surface area (Å²) in [6, 6.07) is 26.1. The van der Waals surface area contributed by atoms with E-state index in [2.05, 4.69) is 30.4 Å². The molecular weight excluding hydrogens is 366 g/mol. The van der Waals surface area contributed by atoms with E-state index in [4.69, 9.17) is 4.74 Å². The molecule has 1 amide bonds. The first-order valence-electron chi connectivity index (χ1n) is 9.12. The zero-order valence-corrected chi connectivity index (χ0v) is 16.6. The Kier molecular flexibility index (Phi) is 4.97. The number of methoxy groups -OCH3 is 1. The Labute approximate surface area is 169 Å². The Morgan fingerprint density at radius 3 is 2.32 bits per heavy atom. The molecular formula is C24H21NO2S. The standard InChI is InChI=1S/C24H21NO2S/c1-18(26)25-22-10-6-7-11-23(22)28-24(25,17-16-19-8-4-3-5-9-19)20-12-14-21(27-2)15-13-20/h3-17H,1-2H3. The van der Waals surface area contributed by atoms with Gasteiger partial charge in [-0.05, 0) is 41.5 Å². The largest absolute Gasteiger partial charge is 0.497 e. The first kappa shape index (κ1) is 18.4. The Morgan fingerprint density at radius 2 is 1.64 bits per heavy atom. The van der Waals surface area contributed by atoms with Gasteiger partial charge in [-0.25, -0.2) is 0 Å². The van der Waals surface area contributed by atoms with Crippen LogP contribution in [0.1, 0.15) is 18.1 Å². The summed E-state index contributed by atoms with van der Waals surface area (Å²) in [5, 5.41) is 0. The monoisotopic (exact) mass is 387 g/mol. The molecule has 4 rings (SSSR count). The predicted octanol–water partition coefficient (Wildman–Crippen LogP) is 5.72. The molecule has 1 aliphatic rings. The van der Waals surface area contributed by atoms with Gasteiger partial charge in [-0.15, -0.1) is 0 Å². The van der Waals surface area contributed by atoms with Gasteiger partial charge in [0.25, 0.3) is 0 Å². The number of amides is 1. The van der Waals surface area contributed by atoms with E-state index in [1.165, 1.54) is 0 Å². The molecule has 0 aliphatic carbocycles. The van der Waals surface area contributed by atoms with Crippen LogP contribution >= 0.6 is 11.8 Å². The zero-order valence-electron chi connectivity index (χ0n) is 15.8. The van der Waals surface area contributed by atoms with Crippen molar-refractivity contribution < 1.29 is 9.53 Å². The van der Waals surface area contributed by atoms with Crippen molar-refractivity contribution in [2.45, 2.75) is 16.7 Å². The fourth-order valence-corrected chi connectivity index (χ4v) is 4.97. The molecule has 0 N–H and O–H groups in total. The van der Waals surface area contributed by atoms with E-state index in [0.717, 1.165) is 27.5 Å². The van der Waals surface area contributed by atoms with Crippen molar-refractivity contribution in [1.29, 1.82) is 0 Å². The third-order valence-corrected chi connectivity index (χ3v) is 6.25. The summed E-state index contributed by atoms with van der Waals surface area (Å²) in [5.41, 5.74) is 3.06. The number of fused-ring (bicyclic) bond motifs is 1. The molecule has 0 saturated heterocycles. The Hall–Kier alpha value is -2.98. The second-order valence-corrected chi connectivity index (χ2v) is 7.86. The van der Waals surface area contributed by atoms with Crippen LogP contribution in [0.4, 0.5) is 5.69 Å². The molecule has 3 aromatic carbocycles. The van der Waals surface area contributed by atoms with Gasteiger partial charge >= 0.3 is 0 Å². The summed E-state index contributed by atoms with van der Waals surface area (Å²) in [4.78, 5) is 15.1. The molecule has 0 bridgehead atoms. The van der Waals surface area contributed by atoms with Gasteiger partial charge < -0.3 is 4.74 Å². The van der Waals surface area contributed by atoms with Crippen molar-refractivity contribution >= 4 is 29.4 Å². The number of ether oxygens (including phenoxy) is 1. The fraction of sp³-hybridized carbons (Fsp3) is 0.125. The Bertz CT molecular complexity index is 1010. The number of benzene rings is 3. The van der Waals surface area contributed by atoms with Crippen molar-refractivity contribution in [3.63, 3.8) is 0 Å². The molecule has 1 atom stereocenters. The first-order valence-corrected chi connectivity index (χ1v) is 9.93. The minimum atomic E-state index is -0.655. The average Bonchev–Trinajstić information content (AvgIpc) is 3.08. The lowest BCUT2D eigenvalue weighted by Crippen LogP contribution is -2.42. The highest BCUT2D eigenvalue weighted by Crippen LogP contribution is 2.56. The van der Waals surface area contributed by atoms with E-state index >= 15 is 0 Å². The number of para-hydroxylation sites is 1. The summed E-state index contributed by atoms with van der Waals surface area (Å²) < 4.78 is 5.32. The number of carbonyl (C=O) groups excluding carboxylic acids is 1. The van der Waals surface area contributed by atoms with Gasteiger partial charge in [0.2, 0.25) is 5.91 Å². The van der Waals surface area contributed by atoms with Crippen molar-refractivity contribution in [3.8, 4) is 5.75 Å². The minimum absolute atomic E-state index is 0.00554. The molecule has 28 heavy (non-hydrogen) atoms. The van der Waals surface area contributed by atoms with Gasteiger partial charge in [0.05, 0.1) is 12.8 Å². The van der Waals surface area contributed by atoms with Gasteiger partial charge in [0.1, 0.15) is 10.6 Å². The minimum Gasteiger partial charge on any atom is -0.497 e. The third-order valence-electron chi connectivity index (χ3n) is 4.82. The number of carbonyl (C=O) groups is 1. The van der Waals surface area contributed by atoms with E-state index in [9.17, 15) is 4.79 Å². The molecule has 1 heterocycles. The van der Waals surface area contributed by atoms with Crippen molar-refractivity contribution in [2.24, 2.45) is 0 Å². The van der Waals surface area contributed by atoms with Gasteiger partial charge in [-0.1, -0.05) is 72.4 Å². The summed E-state index contributed by atoms with van der Waals surface area (Å²) in [6.07, 6.45) is 4.20. The van der Waals surface area contributed by atoms with Crippen LogP contribution in [0.3, 0.4) is 0 Å². The maximum absolute atomic E-state index is 12.8. The summed E-state index contributed by atoms with van der Waals surface area (Å²) >= 11 is 1.68. The SMILES string of the molecule is COc1ccc(C2(C=Cc3ccccc3)Sc3ccccc3N2C(C)=O)cc1. The van der Waals surface area contributed by atoms with E-state index in [0.29, 0.717) is 0 Å². The highest BCUT2D eigenvalue weighted by atomic mass is 32.2. The summed E-state index contributed by atoms with van der Waals surface area (Å²) in [7, 11) is 1.65. The zero-order chi connectivity index (χ0) is 19.6. The fourth-order valence-electron chi connectivity index (χ4n) is 3.52. The Morgan fingerprint density at radius 1 is 0.964 bits per heavy atom. The van der Waals surface area contributed by atoms with Crippen molar-refractivity contribution in [2.75, 3.05) is 12.0 Å². The molecule has 0 spiro atoms. The van der Waals surface area contributed by atoms with Crippen LogP contribution in [0.2, 0.25) is 0 Å². The van der Waals surface area contributed by atoms with Crippen molar-refractivity contribution in [3.05, 3.63) is 96.1 Å². The Balaban J connectivity index is 1.88. The maximum Gasteiger partial charge on any atom is 0.225 e. The quantitative estimate of drug-likeness (QED) is 0.573. The van der Waals surface area contributed by atoms with Crippen LogP contribution in [0.5, 0.6) is 5.75 Å². The number of nitrogens with zero attached hydrogens (tertiary/aromatic N) is 1. The molecule has 1 unspecified atom stereocenters. The lowest BCUT2D eigenvalue weighted by molar-refractivity contribution is -0.117. The lowest BCUT2D eigenvalue weighted by atomic mass is 10.0. The second kappa shape index (κ2) is 7.56. The third kappa shape index (κ3) is 3.20. The molecule has 140 valence electrons. The highest BCUT2D eigenvalue weighted by molar-refractivity contribution is 8.01. The number of hydrogen-bond acceptors (Lipinski definition) is 3. The lowest BCUT2D eigenvalue weighted by Gasteiger charge is -2.35. The van der Waals surface area contributed by atoms with Crippen LogP contribution < -0.4 is 9.64 Å². The van der Waals surface area contributed by atoms with E-state index in [1.807, 2.05) is 65.6 Å². The summed E-state index contributed by atoms with van der Waals surface area (Å²) in [5.74, 6) is 0.798. The van der Waals surface area contributed by atoms with Gasteiger partial charge in [0, 0.05) is 11.8 Å².